The molecule has 4 aliphatic rings. The van der Waals surface area contributed by atoms with Gasteiger partial charge in [0.25, 0.3) is 0 Å². The third-order valence-electron chi connectivity index (χ3n) is 23.0. The molecule has 0 saturated carbocycles. The second-order valence-electron chi connectivity index (χ2n) is 31.3. The molecular weight excluding hydrogens is 1680 g/mol. The van der Waals surface area contributed by atoms with E-state index in [2.05, 4.69) is 89.6 Å². The molecule has 12 aromatic heterocycles. The Morgan fingerprint density at radius 1 is 0.341 bits per heavy atom. The molecule has 35 heteroatoms. The van der Waals surface area contributed by atoms with Crippen molar-refractivity contribution in [2.24, 2.45) is 0 Å². The summed E-state index contributed by atoms with van der Waals surface area (Å²) in [5.74, 6) is -1.72. The van der Waals surface area contributed by atoms with Crippen molar-refractivity contribution in [1.29, 1.82) is 0 Å². The molecule has 652 valence electrons. The van der Waals surface area contributed by atoms with Gasteiger partial charge >= 0.3 is 12.4 Å². The van der Waals surface area contributed by atoms with E-state index in [9.17, 15) is 39.5 Å². The first kappa shape index (κ1) is 85.6. The summed E-state index contributed by atoms with van der Waals surface area (Å²) < 4.78 is 133. The number of aryl methyl sites for hydroxylation is 1. The molecule has 20 rings (SSSR count). The van der Waals surface area contributed by atoms with Crippen molar-refractivity contribution < 1.29 is 58.9 Å². The fraction of sp³-hybridized carbons (Fsp3) is 0.297. The molecule has 4 aliphatic heterocycles. The van der Waals surface area contributed by atoms with E-state index in [1.807, 2.05) is 101 Å². The number of halogens is 11. The Balaban J connectivity index is 0.000000119. The van der Waals surface area contributed by atoms with E-state index in [-0.39, 0.29) is 43.6 Å². The topological polar surface area (TPSA) is 228 Å². The Morgan fingerprint density at radius 2 is 0.643 bits per heavy atom. The van der Waals surface area contributed by atoms with E-state index in [0.29, 0.717) is 73.6 Å². The van der Waals surface area contributed by atoms with Gasteiger partial charge in [0, 0.05) is 141 Å². The van der Waals surface area contributed by atoms with Gasteiger partial charge in [-0.05, 0) is 219 Å². The highest BCUT2D eigenvalue weighted by molar-refractivity contribution is 6.31. The molecular formula is C91H87Cl2F9N20O4. The number of nitrogens with zero attached hydrogens (tertiary/aromatic N) is 16. The van der Waals surface area contributed by atoms with Crippen molar-refractivity contribution >= 4 is 67.3 Å². The molecule has 0 amide bonds. The van der Waals surface area contributed by atoms with Crippen LogP contribution in [0.15, 0.2) is 220 Å². The third-order valence-corrected chi connectivity index (χ3v) is 23.6. The van der Waals surface area contributed by atoms with Gasteiger partial charge < -0.3 is 40.6 Å². The lowest BCUT2D eigenvalue weighted by molar-refractivity contribution is -0.138. The summed E-state index contributed by atoms with van der Waals surface area (Å²) in [4.78, 5) is 41.4. The third kappa shape index (κ3) is 20.2. The Morgan fingerprint density at radius 3 is 0.960 bits per heavy atom. The molecule has 0 atom stereocenters. The summed E-state index contributed by atoms with van der Waals surface area (Å²) in [5, 5.41) is 32.4. The highest BCUT2D eigenvalue weighted by Gasteiger charge is 2.33. The number of rotatable bonds is 20. The summed E-state index contributed by atoms with van der Waals surface area (Å²) in [7, 11) is 0. The molecule has 24 nitrogen and oxygen atoms in total. The molecule has 4 saturated heterocycles. The number of nitrogens with one attached hydrogen (secondary N) is 4. The highest BCUT2D eigenvalue weighted by atomic mass is 35.5. The number of hydrogen-bond donors (Lipinski definition) is 4. The molecule has 0 radical (unpaired) electrons. The van der Waals surface area contributed by atoms with Crippen LogP contribution in [0.2, 0.25) is 10.0 Å². The van der Waals surface area contributed by atoms with Crippen LogP contribution in [0.3, 0.4) is 0 Å². The molecule has 4 fully saturated rings. The maximum atomic E-state index is 14.1. The van der Waals surface area contributed by atoms with Crippen LogP contribution < -0.4 is 40.6 Å². The standard InChI is InChI=1S/C24H24F3N5O.C23H21F4N5O.2C22H21ClFN5O/c1-16-10-20(24(25,26)27)3-2-17(16)15-33-32-9-6-22-23(32)11-18(12-29-22)19-13-30-31(14-19)21-4-7-28-8-5-21;24-20-10-18(23(25,26)27)2-1-15(20)14-33-32-8-5-21-22(32)9-16(11-29-21)17-12-30-31(13-17)19-3-6-28-7-4-19;23-20-10-18(24)2-1-15(20)14-30-29-8-5-21-22(29)9-16(11-26-21)17-12-27-28(13-17)19-3-6-25-7-4-19;23-18-2-1-15(20(24)10-18)14-30-29-8-5-21-22(29)9-16(11-26-21)17-12-27-28(13-17)19-3-6-25-7-4-19/h2-3,6,9-14,21,28H,4-5,7-8,15H2,1H3;1-2,5,8-13,19,28H,3-4,6-7,14H2;2*1-2,5,8-13,19,25H,3-4,6-7,14H2. The first-order chi connectivity index (χ1) is 61.1. The largest absolute Gasteiger partial charge is 0.416 e. The van der Waals surface area contributed by atoms with Gasteiger partial charge in [0.2, 0.25) is 0 Å². The van der Waals surface area contributed by atoms with Gasteiger partial charge in [0.15, 0.2) is 0 Å². The predicted molar refractivity (Wildman–Crippen MR) is 460 cm³/mol. The zero-order valence-electron chi connectivity index (χ0n) is 68.2. The quantitative estimate of drug-likeness (QED) is 0.0520. The van der Waals surface area contributed by atoms with E-state index >= 15 is 0 Å². The molecule has 126 heavy (non-hydrogen) atoms. The maximum Gasteiger partial charge on any atom is 0.416 e. The highest BCUT2D eigenvalue weighted by Crippen LogP contribution is 2.36. The molecule has 16 aromatic rings. The van der Waals surface area contributed by atoms with Crippen LogP contribution in [0.25, 0.3) is 88.6 Å². The zero-order chi connectivity index (χ0) is 87.0. The Bertz CT molecular complexity index is 6060. The number of pyridine rings is 4. The van der Waals surface area contributed by atoms with Gasteiger partial charge in [0.05, 0.1) is 87.2 Å². The molecule has 4 N–H and O–H groups in total. The first-order valence-corrected chi connectivity index (χ1v) is 42.2. The Labute approximate surface area is 726 Å². The predicted octanol–water partition coefficient (Wildman–Crippen LogP) is 17.9. The van der Waals surface area contributed by atoms with E-state index < -0.39 is 29.3 Å². The molecule has 0 unspecified atom stereocenters. The average Bonchev–Trinajstić information content (AvgIpc) is 1.64. The van der Waals surface area contributed by atoms with Crippen molar-refractivity contribution in [3.8, 4) is 44.5 Å². The second-order valence-corrected chi connectivity index (χ2v) is 32.2. The van der Waals surface area contributed by atoms with E-state index in [0.717, 1.165) is 206 Å². The van der Waals surface area contributed by atoms with Crippen molar-refractivity contribution in [3.63, 3.8) is 0 Å². The van der Waals surface area contributed by atoms with Crippen molar-refractivity contribution in [3.05, 3.63) is 287 Å². The van der Waals surface area contributed by atoms with Crippen molar-refractivity contribution in [2.75, 3.05) is 52.4 Å². The van der Waals surface area contributed by atoms with Crippen molar-refractivity contribution in [1.82, 2.24) is 99.2 Å². The van der Waals surface area contributed by atoms with Crippen LogP contribution in [-0.2, 0) is 38.8 Å². The Kier molecular flexibility index (Phi) is 25.9. The van der Waals surface area contributed by atoms with Gasteiger partial charge in [0.1, 0.15) is 65.9 Å². The van der Waals surface area contributed by atoms with Gasteiger partial charge in [-0.25, -0.2) is 13.2 Å². The molecule has 4 aromatic carbocycles. The first-order valence-electron chi connectivity index (χ1n) is 41.4. The normalized spacial score (nSPS) is 15.1. The number of hydrogen-bond acceptors (Lipinski definition) is 16. The van der Waals surface area contributed by atoms with Gasteiger partial charge in [-0.15, -0.1) is 0 Å². The minimum atomic E-state index is -4.60. The van der Waals surface area contributed by atoms with Crippen LogP contribution in [0, 0.1) is 24.4 Å². The number of benzene rings is 4. The van der Waals surface area contributed by atoms with Gasteiger partial charge in [-0.3, -0.25) is 38.7 Å². The number of alkyl halides is 6. The zero-order valence-corrected chi connectivity index (χ0v) is 69.7. The average molecular weight is 1770 g/mol. The van der Waals surface area contributed by atoms with Crippen LogP contribution in [0.5, 0.6) is 0 Å². The van der Waals surface area contributed by atoms with Crippen LogP contribution in [-0.4, -0.2) is 130 Å². The lowest BCUT2D eigenvalue weighted by atomic mass is 10.1. The number of aromatic nitrogens is 16. The molecule has 0 spiro atoms. The van der Waals surface area contributed by atoms with E-state index in [4.69, 9.17) is 42.6 Å². The second kappa shape index (κ2) is 38.1. The van der Waals surface area contributed by atoms with E-state index in [1.165, 1.54) is 29.0 Å². The molecule has 16 heterocycles. The smallest absolute Gasteiger partial charge is 0.409 e. The number of piperidine rings is 4. The molecule has 0 aliphatic carbocycles. The Hall–Kier alpha value is -12.5. The van der Waals surface area contributed by atoms with Gasteiger partial charge in [-0.2, -0.15) is 65.7 Å². The SMILES string of the molecule is Cc1cc(C(F)(F)F)ccc1COn1ccc2ncc(-c3cnn(C4CCNCC4)c3)cc21.Fc1cc(C(F)(F)F)ccc1COn1ccc2ncc(-c3cnn(C4CCNCC4)c3)cc21.Fc1cc(Cl)ccc1COn1ccc2ncc(-c3cnn(C4CCNCC4)c3)cc21.Fc1ccc(COn2ccc3ncc(-c4cnn(C5CCNCC5)c4)cc32)c(Cl)c1. The van der Waals surface area contributed by atoms with E-state index in [1.54, 1.807) is 76.4 Å². The van der Waals surface area contributed by atoms with Crippen LogP contribution in [0.1, 0.15) is 114 Å². The minimum Gasteiger partial charge on any atom is -0.409 e. The lowest BCUT2D eigenvalue weighted by Crippen LogP contribution is -2.29. The fourth-order valence-corrected chi connectivity index (χ4v) is 16.2. The van der Waals surface area contributed by atoms with Crippen molar-refractivity contribution in [2.45, 2.75) is 121 Å². The van der Waals surface area contributed by atoms with Crippen LogP contribution >= 0.6 is 23.2 Å². The minimum absolute atomic E-state index is 0.0252. The lowest BCUT2D eigenvalue weighted by Gasteiger charge is -2.22. The summed E-state index contributed by atoms with van der Waals surface area (Å²) in [6.45, 7) is 9.90. The summed E-state index contributed by atoms with van der Waals surface area (Å²) in [5.41, 5.74) is 14.6. The monoisotopic (exact) mass is 1760 g/mol. The number of fused-ring (bicyclic) bond motifs is 4. The summed E-state index contributed by atoms with van der Waals surface area (Å²) in [6.07, 6.45) is 29.4. The van der Waals surface area contributed by atoms with Crippen LogP contribution in [0.4, 0.5) is 39.5 Å². The summed E-state index contributed by atoms with van der Waals surface area (Å²) in [6, 6.07) is 31.9. The summed E-state index contributed by atoms with van der Waals surface area (Å²) >= 11 is 11.9. The van der Waals surface area contributed by atoms with Gasteiger partial charge in [-0.1, -0.05) is 47.5 Å². The fourth-order valence-electron chi connectivity index (χ4n) is 15.8. The molecule has 0 bridgehead atoms. The maximum absolute atomic E-state index is 14.1.